The van der Waals surface area contributed by atoms with Crippen LogP contribution in [0.4, 0.5) is 4.79 Å². The molecule has 2 aliphatic heterocycles. The van der Waals surface area contributed by atoms with Gasteiger partial charge in [-0.2, -0.15) is 0 Å². The maximum atomic E-state index is 12.5. The molecule has 0 saturated carbocycles. The number of nitrogens with zero attached hydrogens (tertiary/aromatic N) is 1. The summed E-state index contributed by atoms with van der Waals surface area (Å²) in [6, 6.07) is 13.4. The monoisotopic (exact) mass is 427 g/mol. The van der Waals surface area contributed by atoms with Gasteiger partial charge in [-0.3, -0.25) is 4.79 Å². The Labute approximate surface area is 181 Å². The van der Waals surface area contributed by atoms with Gasteiger partial charge in [0.15, 0.2) is 0 Å². The van der Waals surface area contributed by atoms with E-state index in [1.807, 2.05) is 29.2 Å². The normalized spacial score (nSPS) is 17.4. The molecule has 3 amide bonds. The van der Waals surface area contributed by atoms with E-state index in [4.69, 9.17) is 16.3 Å². The van der Waals surface area contributed by atoms with E-state index in [-0.39, 0.29) is 18.0 Å². The number of hydrogen-bond donors (Lipinski definition) is 2. The molecule has 2 aromatic rings. The first-order valence-electron chi connectivity index (χ1n) is 10.4. The summed E-state index contributed by atoms with van der Waals surface area (Å²) in [6.45, 7) is 2.40. The van der Waals surface area contributed by atoms with E-state index in [1.165, 1.54) is 11.1 Å². The van der Waals surface area contributed by atoms with Crippen molar-refractivity contribution in [1.29, 1.82) is 0 Å². The number of para-hydroxylation sites is 1. The predicted octanol–water partition coefficient (Wildman–Crippen LogP) is 3.83. The first-order chi connectivity index (χ1) is 14.6. The second-order valence-corrected chi connectivity index (χ2v) is 8.09. The van der Waals surface area contributed by atoms with Crippen molar-refractivity contribution in [1.82, 2.24) is 15.5 Å². The number of ether oxygens (including phenoxy) is 1. The Morgan fingerprint density at radius 1 is 1.13 bits per heavy atom. The van der Waals surface area contributed by atoms with Crippen LogP contribution < -0.4 is 15.4 Å². The lowest BCUT2D eigenvalue weighted by Crippen LogP contribution is -2.40. The van der Waals surface area contributed by atoms with Gasteiger partial charge in [-0.15, -0.1) is 0 Å². The third-order valence-corrected chi connectivity index (χ3v) is 5.97. The van der Waals surface area contributed by atoms with Gasteiger partial charge < -0.3 is 20.3 Å². The second-order valence-electron chi connectivity index (χ2n) is 7.69. The van der Waals surface area contributed by atoms with Gasteiger partial charge in [0.1, 0.15) is 5.75 Å². The number of fused-ring (bicyclic) bond motifs is 2. The van der Waals surface area contributed by atoms with E-state index in [0.29, 0.717) is 49.7 Å². The van der Waals surface area contributed by atoms with E-state index in [2.05, 4.69) is 22.8 Å². The molecule has 158 valence electrons. The standard InChI is InChI=1S/C23H26ClN3O3/c24-19-8-3-7-18-20(11-14-30-22(18)19)26-23(29)25-12-4-9-21(28)27-13-10-16-5-1-2-6-17(16)15-27/h1-3,5-8,20H,4,9-15H2,(H2,25,26,29). The van der Waals surface area contributed by atoms with Gasteiger partial charge in [-0.05, 0) is 30.0 Å². The molecule has 2 aliphatic rings. The highest BCUT2D eigenvalue weighted by Crippen LogP contribution is 2.37. The molecule has 6 nitrogen and oxygen atoms in total. The molecule has 0 saturated heterocycles. The maximum absolute atomic E-state index is 12.5. The number of nitrogens with one attached hydrogen (secondary N) is 2. The molecular weight excluding hydrogens is 402 g/mol. The number of hydrogen-bond acceptors (Lipinski definition) is 3. The first-order valence-corrected chi connectivity index (χ1v) is 10.8. The van der Waals surface area contributed by atoms with Gasteiger partial charge in [0.2, 0.25) is 5.91 Å². The van der Waals surface area contributed by atoms with E-state index >= 15 is 0 Å². The van der Waals surface area contributed by atoms with Gasteiger partial charge in [0, 0.05) is 38.0 Å². The summed E-state index contributed by atoms with van der Waals surface area (Å²) in [4.78, 5) is 26.7. The smallest absolute Gasteiger partial charge is 0.315 e. The lowest BCUT2D eigenvalue weighted by Gasteiger charge is -2.29. The van der Waals surface area contributed by atoms with Crippen molar-refractivity contribution in [3.05, 3.63) is 64.2 Å². The first kappa shape index (κ1) is 20.5. The van der Waals surface area contributed by atoms with Crippen molar-refractivity contribution < 1.29 is 14.3 Å². The molecule has 0 aromatic heterocycles. The summed E-state index contributed by atoms with van der Waals surface area (Å²) in [5, 5.41) is 6.39. The average Bonchev–Trinajstić information content (AvgIpc) is 2.77. The van der Waals surface area contributed by atoms with Crippen molar-refractivity contribution in [2.75, 3.05) is 19.7 Å². The van der Waals surface area contributed by atoms with Crippen LogP contribution in [-0.4, -0.2) is 36.5 Å². The summed E-state index contributed by atoms with van der Waals surface area (Å²) in [5.74, 6) is 0.782. The largest absolute Gasteiger partial charge is 0.492 e. The van der Waals surface area contributed by atoms with Crippen LogP contribution in [0.15, 0.2) is 42.5 Å². The lowest BCUT2D eigenvalue weighted by molar-refractivity contribution is -0.132. The molecule has 7 heteroatoms. The number of rotatable bonds is 5. The van der Waals surface area contributed by atoms with Gasteiger partial charge in [-0.1, -0.05) is 48.0 Å². The fraction of sp³-hybridized carbons (Fsp3) is 0.391. The molecule has 2 heterocycles. The van der Waals surface area contributed by atoms with Crippen LogP contribution in [0.2, 0.25) is 5.02 Å². The second kappa shape index (κ2) is 9.39. The Bertz CT molecular complexity index is 934. The Morgan fingerprint density at radius 3 is 2.83 bits per heavy atom. The minimum atomic E-state index is -0.243. The molecule has 2 aromatic carbocycles. The molecule has 0 radical (unpaired) electrons. The minimum Gasteiger partial charge on any atom is -0.492 e. The number of halogens is 1. The number of carbonyl (C=O) groups excluding carboxylic acids is 2. The maximum Gasteiger partial charge on any atom is 0.315 e. The van der Waals surface area contributed by atoms with Crippen molar-refractivity contribution in [2.24, 2.45) is 0 Å². The van der Waals surface area contributed by atoms with Crippen molar-refractivity contribution in [2.45, 2.75) is 38.3 Å². The summed E-state index contributed by atoms with van der Waals surface area (Å²) < 4.78 is 5.62. The molecule has 0 fully saturated rings. The summed E-state index contributed by atoms with van der Waals surface area (Å²) in [5.41, 5.74) is 3.45. The van der Waals surface area contributed by atoms with Crippen LogP contribution >= 0.6 is 11.6 Å². The summed E-state index contributed by atoms with van der Waals surface area (Å²) >= 11 is 6.18. The van der Waals surface area contributed by atoms with Gasteiger partial charge >= 0.3 is 6.03 Å². The van der Waals surface area contributed by atoms with Crippen LogP contribution in [0.1, 0.15) is 42.0 Å². The zero-order chi connectivity index (χ0) is 20.9. The molecule has 1 unspecified atom stereocenters. The highest BCUT2D eigenvalue weighted by atomic mass is 35.5. The quantitative estimate of drug-likeness (QED) is 0.712. The highest BCUT2D eigenvalue weighted by molar-refractivity contribution is 6.32. The number of amides is 3. The molecular formula is C23H26ClN3O3. The average molecular weight is 428 g/mol. The third kappa shape index (κ3) is 4.70. The van der Waals surface area contributed by atoms with Gasteiger partial charge in [0.05, 0.1) is 17.7 Å². The SMILES string of the molecule is O=C(NCCCC(=O)N1CCc2ccccc2C1)NC1CCOc2c(Cl)cccc21. The molecule has 0 bridgehead atoms. The van der Waals surface area contributed by atoms with E-state index in [0.717, 1.165) is 18.5 Å². The molecule has 30 heavy (non-hydrogen) atoms. The molecule has 0 aliphatic carbocycles. The number of urea groups is 1. The number of carbonyl (C=O) groups is 2. The van der Waals surface area contributed by atoms with Crippen molar-refractivity contribution >= 4 is 23.5 Å². The Balaban J connectivity index is 1.20. The van der Waals surface area contributed by atoms with Crippen LogP contribution in [0.25, 0.3) is 0 Å². The lowest BCUT2D eigenvalue weighted by atomic mass is 9.99. The van der Waals surface area contributed by atoms with Crippen LogP contribution in [0, 0.1) is 0 Å². The Morgan fingerprint density at radius 2 is 1.97 bits per heavy atom. The van der Waals surface area contributed by atoms with E-state index < -0.39 is 0 Å². The summed E-state index contributed by atoms with van der Waals surface area (Å²) in [6.07, 6.45) is 2.63. The summed E-state index contributed by atoms with van der Waals surface area (Å²) in [7, 11) is 0. The zero-order valence-corrected chi connectivity index (χ0v) is 17.6. The fourth-order valence-electron chi connectivity index (χ4n) is 4.05. The zero-order valence-electron chi connectivity index (χ0n) is 16.8. The predicted molar refractivity (Wildman–Crippen MR) is 116 cm³/mol. The van der Waals surface area contributed by atoms with Crippen molar-refractivity contribution in [3.8, 4) is 5.75 Å². The molecule has 4 rings (SSSR count). The fourth-order valence-corrected chi connectivity index (χ4v) is 4.29. The minimum absolute atomic E-state index is 0.137. The molecule has 0 spiro atoms. The Kier molecular flexibility index (Phi) is 6.43. The van der Waals surface area contributed by atoms with Crippen molar-refractivity contribution in [3.63, 3.8) is 0 Å². The topological polar surface area (TPSA) is 70.7 Å². The van der Waals surface area contributed by atoms with E-state index in [1.54, 1.807) is 6.07 Å². The van der Waals surface area contributed by atoms with Gasteiger partial charge in [-0.25, -0.2) is 4.79 Å². The molecule has 1 atom stereocenters. The van der Waals surface area contributed by atoms with Crippen LogP contribution in [0.3, 0.4) is 0 Å². The van der Waals surface area contributed by atoms with Crippen LogP contribution in [0.5, 0.6) is 5.75 Å². The Hall–Kier alpha value is -2.73. The van der Waals surface area contributed by atoms with Gasteiger partial charge in [0.25, 0.3) is 0 Å². The highest BCUT2D eigenvalue weighted by Gasteiger charge is 2.25. The van der Waals surface area contributed by atoms with E-state index in [9.17, 15) is 9.59 Å². The molecule has 2 N–H and O–H groups in total. The van der Waals surface area contributed by atoms with Crippen LogP contribution in [-0.2, 0) is 17.8 Å². The third-order valence-electron chi connectivity index (χ3n) is 5.67. The number of benzene rings is 2.